The lowest BCUT2D eigenvalue weighted by atomic mass is 9.68. The first-order valence-corrected chi connectivity index (χ1v) is 8.41. The van der Waals surface area contributed by atoms with Gasteiger partial charge in [-0.15, -0.1) is 0 Å². The number of benzene rings is 1. The predicted molar refractivity (Wildman–Crippen MR) is 89.2 cm³/mol. The van der Waals surface area contributed by atoms with Gasteiger partial charge in [-0.05, 0) is 43.4 Å². The Labute approximate surface area is 137 Å². The molecule has 2 fully saturated rings. The number of amides is 2. The Morgan fingerprint density at radius 3 is 2.59 bits per heavy atom. The third-order valence-electron chi connectivity index (χ3n) is 5.43. The van der Waals surface area contributed by atoms with E-state index in [1.54, 1.807) is 0 Å². The zero-order valence-corrected chi connectivity index (χ0v) is 13.9. The van der Waals surface area contributed by atoms with Gasteiger partial charge < -0.3 is 15.5 Å². The van der Waals surface area contributed by atoms with Gasteiger partial charge in [-0.2, -0.15) is 0 Å². The van der Waals surface area contributed by atoms with Crippen LogP contribution in [0, 0.1) is 0 Å². The van der Waals surface area contributed by atoms with Gasteiger partial charge in [0.15, 0.2) is 0 Å². The number of halogens is 1. The molecule has 2 amide bonds. The molecule has 1 aliphatic carbocycles. The molecular weight excluding hydrogens is 298 g/mol. The number of urea groups is 1. The van der Waals surface area contributed by atoms with E-state index in [1.807, 2.05) is 35.0 Å². The maximum Gasteiger partial charge on any atom is 0.320 e. The fourth-order valence-corrected chi connectivity index (χ4v) is 4.09. The smallest absolute Gasteiger partial charge is 0.320 e. The molecule has 1 aliphatic heterocycles. The van der Waals surface area contributed by atoms with Crippen LogP contribution in [0.3, 0.4) is 0 Å². The lowest BCUT2D eigenvalue weighted by Crippen LogP contribution is -2.46. The van der Waals surface area contributed by atoms with Crippen LogP contribution in [0.4, 0.5) is 4.79 Å². The molecule has 1 saturated heterocycles. The van der Waals surface area contributed by atoms with E-state index in [4.69, 9.17) is 17.3 Å². The second-order valence-corrected chi connectivity index (χ2v) is 7.06. The highest BCUT2D eigenvalue weighted by atomic mass is 35.5. The number of nitrogens with two attached hydrogens (primary N) is 1. The Hall–Kier alpha value is -1.26. The molecule has 4 nitrogen and oxygen atoms in total. The van der Waals surface area contributed by atoms with E-state index in [0.29, 0.717) is 12.6 Å². The summed E-state index contributed by atoms with van der Waals surface area (Å²) >= 11 is 6.15. The molecule has 3 rings (SSSR count). The van der Waals surface area contributed by atoms with Gasteiger partial charge in [-0.25, -0.2) is 4.79 Å². The Kier molecular flexibility index (Phi) is 4.33. The average Bonchev–Trinajstić information content (AvgIpc) is 2.87. The van der Waals surface area contributed by atoms with Gasteiger partial charge in [-0.3, -0.25) is 0 Å². The third-order valence-corrected chi connectivity index (χ3v) is 5.66. The lowest BCUT2D eigenvalue weighted by Gasteiger charge is -2.42. The molecular formula is C17H24ClN3O. The predicted octanol–water partition coefficient (Wildman–Crippen LogP) is 2.85. The fraction of sp³-hybridized carbons (Fsp3) is 0.588. The molecule has 0 spiro atoms. The van der Waals surface area contributed by atoms with E-state index in [0.717, 1.165) is 43.8 Å². The topological polar surface area (TPSA) is 49.6 Å². The Morgan fingerprint density at radius 1 is 1.32 bits per heavy atom. The molecule has 0 bridgehead atoms. The summed E-state index contributed by atoms with van der Waals surface area (Å²) in [6.45, 7) is 2.33. The van der Waals surface area contributed by atoms with Crippen molar-refractivity contribution in [1.29, 1.82) is 0 Å². The molecule has 0 radical (unpaired) electrons. The van der Waals surface area contributed by atoms with Crippen LogP contribution in [0.15, 0.2) is 24.3 Å². The van der Waals surface area contributed by atoms with Crippen LogP contribution in [0.1, 0.15) is 31.2 Å². The van der Waals surface area contributed by atoms with Crippen LogP contribution in [0.5, 0.6) is 0 Å². The van der Waals surface area contributed by atoms with Crippen LogP contribution in [0.2, 0.25) is 5.02 Å². The molecule has 2 N–H and O–H groups in total. The number of likely N-dealkylation sites (N-methyl/N-ethyl adjacent to an activating group) is 1. The molecule has 1 heterocycles. The monoisotopic (exact) mass is 321 g/mol. The minimum absolute atomic E-state index is 0.00999. The average molecular weight is 322 g/mol. The molecule has 1 saturated carbocycles. The number of carbonyl (C=O) groups is 1. The molecule has 0 unspecified atom stereocenters. The number of nitrogens with zero attached hydrogens (tertiary/aromatic N) is 2. The molecule has 5 heteroatoms. The van der Waals surface area contributed by atoms with Crippen LogP contribution < -0.4 is 5.73 Å². The van der Waals surface area contributed by atoms with E-state index < -0.39 is 0 Å². The summed E-state index contributed by atoms with van der Waals surface area (Å²) in [7, 11) is 1.88. The van der Waals surface area contributed by atoms with Crippen molar-refractivity contribution in [2.24, 2.45) is 5.73 Å². The normalized spacial score (nSPS) is 29.2. The Bertz CT molecular complexity index is 555. The highest BCUT2D eigenvalue weighted by Crippen LogP contribution is 2.41. The second kappa shape index (κ2) is 6.09. The SMILES string of the molecule is CN1CCN([C@H]2CC[C@](CN)(c3cccc(Cl)c3)CC2)C1=O. The van der Waals surface area contributed by atoms with Gasteiger partial charge in [0.25, 0.3) is 0 Å². The molecule has 1 aromatic carbocycles. The maximum absolute atomic E-state index is 12.2. The first-order valence-electron chi connectivity index (χ1n) is 8.03. The van der Waals surface area contributed by atoms with Crippen LogP contribution in [0.25, 0.3) is 0 Å². The number of hydrogen-bond donors (Lipinski definition) is 1. The summed E-state index contributed by atoms with van der Waals surface area (Å²) in [4.78, 5) is 16.0. The van der Waals surface area contributed by atoms with Crippen LogP contribution in [-0.4, -0.2) is 48.6 Å². The summed E-state index contributed by atoms with van der Waals surface area (Å²) < 4.78 is 0. The zero-order valence-electron chi connectivity index (χ0n) is 13.1. The van der Waals surface area contributed by atoms with Gasteiger partial charge in [0.05, 0.1) is 0 Å². The van der Waals surface area contributed by atoms with Crippen LogP contribution >= 0.6 is 11.6 Å². The quantitative estimate of drug-likeness (QED) is 0.930. The molecule has 1 aromatic rings. The van der Waals surface area contributed by atoms with Crippen molar-refractivity contribution < 1.29 is 4.79 Å². The largest absolute Gasteiger partial charge is 0.330 e. The Balaban J connectivity index is 1.73. The molecule has 120 valence electrons. The van der Waals surface area contributed by atoms with E-state index in [1.165, 1.54) is 5.56 Å². The van der Waals surface area contributed by atoms with Crippen molar-refractivity contribution in [3.63, 3.8) is 0 Å². The summed E-state index contributed by atoms with van der Waals surface area (Å²) in [6.07, 6.45) is 4.07. The van der Waals surface area contributed by atoms with Crippen LogP contribution in [-0.2, 0) is 5.41 Å². The van der Waals surface area contributed by atoms with E-state index >= 15 is 0 Å². The fourth-order valence-electron chi connectivity index (χ4n) is 3.90. The first-order chi connectivity index (χ1) is 10.6. The minimum atomic E-state index is 0.00999. The van der Waals surface area contributed by atoms with Crippen molar-refractivity contribution in [3.05, 3.63) is 34.9 Å². The number of hydrogen-bond acceptors (Lipinski definition) is 2. The van der Waals surface area contributed by atoms with E-state index in [-0.39, 0.29) is 11.4 Å². The van der Waals surface area contributed by atoms with Crippen molar-refractivity contribution in [3.8, 4) is 0 Å². The number of rotatable bonds is 3. The first kappa shape index (κ1) is 15.6. The molecule has 0 aromatic heterocycles. The second-order valence-electron chi connectivity index (χ2n) is 6.62. The van der Waals surface area contributed by atoms with Crippen molar-refractivity contribution >= 4 is 17.6 Å². The van der Waals surface area contributed by atoms with Gasteiger partial charge in [-0.1, -0.05) is 23.7 Å². The lowest BCUT2D eigenvalue weighted by molar-refractivity contribution is 0.147. The molecule has 22 heavy (non-hydrogen) atoms. The molecule has 0 atom stereocenters. The van der Waals surface area contributed by atoms with E-state index in [9.17, 15) is 4.79 Å². The molecule has 2 aliphatic rings. The van der Waals surface area contributed by atoms with Crippen molar-refractivity contribution in [1.82, 2.24) is 9.80 Å². The zero-order chi connectivity index (χ0) is 15.7. The van der Waals surface area contributed by atoms with Gasteiger partial charge in [0.2, 0.25) is 0 Å². The van der Waals surface area contributed by atoms with Crippen molar-refractivity contribution in [2.75, 3.05) is 26.7 Å². The maximum atomic E-state index is 12.2. The van der Waals surface area contributed by atoms with E-state index in [2.05, 4.69) is 6.07 Å². The highest BCUT2D eigenvalue weighted by molar-refractivity contribution is 6.30. The number of carbonyl (C=O) groups excluding carboxylic acids is 1. The van der Waals surface area contributed by atoms with Gasteiger partial charge in [0, 0.05) is 43.2 Å². The summed E-state index contributed by atoms with van der Waals surface area (Å²) in [5.74, 6) is 0. The standard InChI is InChI=1S/C17H24ClN3O/c1-20-9-10-21(16(20)22)15-5-7-17(12-19,8-6-15)13-3-2-4-14(18)11-13/h2-4,11,15H,5-10,12,19H2,1H3/t15-,17-. The summed E-state index contributed by atoms with van der Waals surface area (Å²) in [5, 5.41) is 0.767. The summed E-state index contributed by atoms with van der Waals surface area (Å²) in [5.41, 5.74) is 7.39. The van der Waals surface area contributed by atoms with Gasteiger partial charge >= 0.3 is 6.03 Å². The Morgan fingerprint density at radius 2 is 2.05 bits per heavy atom. The third kappa shape index (κ3) is 2.70. The van der Waals surface area contributed by atoms with Gasteiger partial charge in [0.1, 0.15) is 0 Å². The summed E-state index contributed by atoms with van der Waals surface area (Å²) in [6, 6.07) is 8.61. The minimum Gasteiger partial charge on any atom is -0.330 e. The van der Waals surface area contributed by atoms with Crippen molar-refractivity contribution in [2.45, 2.75) is 37.1 Å². The highest BCUT2D eigenvalue weighted by Gasteiger charge is 2.40.